The number of hydrogen-bond donors (Lipinski definition) is 1. The van der Waals surface area contributed by atoms with Crippen LogP contribution in [0.5, 0.6) is 0 Å². The highest BCUT2D eigenvalue weighted by Gasteiger charge is 2.10. The van der Waals surface area contributed by atoms with Crippen molar-refractivity contribution in [3.8, 4) is 0 Å². The van der Waals surface area contributed by atoms with Crippen molar-refractivity contribution in [3.63, 3.8) is 0 Å². The van der Waals surface area contributed by atoms with E-state index in [2.05, 4.69) is 73.2 Å². The summed E-state index contributed by atoms with van der Waals surface area (Å²) in [7, 11) is 0. The van der Waals surface area contributed by atoms with Crippen LogP contribution in [0.25, 0.3) is 0 Å². The maximum absolute atomic E-state index is 5.66. The Labute approximate surface area is 113 Å². The van der Waals surface area contributed by atoms with Crippen LogP contribution in [0.4, 0.5) is 0 Å². The van der Waals surface area contributed by atoms with Crippen molar-refractivity contribution in [3.05, 3.63) is 34.3 Å². The fourth-order valence-corrected chi connectivity index (χ4v) is 1.77. The van der Waals surface area contributed by atoms with E-state index in [1.165, 1.54) is 5.56 Å². The normalized spacial score (nSPS) is 13.7. The van der Waals surface area contributed by atoms with E-state index < -0.39 is 0 Å². The molecule has 0 aliphatic rings. The first-order valence-corrected chi connectivity index (χ1v) is 6.80. The fraction of sp³-hybridized carbons (Fsp3) is 0.571. The van der Waals surface area contributed by atoms with Crippen LogP contribution in [0.2, 0.25) is 0 Å². The summed E-state index contributed by atoms with van der Waals surface area (Å²) in [5.74, 6) is 0. The smallest absolute Gasteiger partial charge is 0.0599 e. The first-order valence-electron chi connectivity index (χ1n) is 6.01. The lowest BCUT2D eigenvalue weighted by atomic mass is 10.1. The molecular formula is C14H22BrNO. The zero-order valence-corrected chi connectivity index (χ0v) is 12.7. The molecule has 2 nitrogen and oxygen atoms in total. The second kappa shape index (κ2) is 6.53. The third-order valence-corrected chi connectivity index (χ3v) is 2.99. The summed E-state index contributed by atoms with van der Waals surface area (Å²) in [5.41, 5.74) is 1.24. The van der Waals surface area contributed by atoms with Gasteiger partial charge in [-0.2, -0.15) is 0 Å². The molecule has 1 rings (SSSR count). The Balaban J connectivity index is 2.30. The van der Waals surface area contributed by atoms with Crippen molar-refractivity contribution in [2.75, 3.05) is 13.2 Å². The lowest BCUT2D eigenvalue weighted by Gasteiger charge is -2.21. The maximum atomic E-state index is 5.66. The van der Waals surface area contributed by atoms with Crippen LogP contribution in [0.3, 0.4) is 0 Å². The molecule has 1 atom stereocenters. The first kappa shape index (κ1) is 14.7. The molecule has 0 aromatic heterocycles. The van der Waals surface area contributed by atoms with E-state index in [4.69, 9.17) is 4.74 Å². The van der Waals surface area contributed by atoms with Gasteiger partial charge in [0.1, 0.15) is 0 Å². The topological polar surface area (TPSA) is 21.3 Å². The van der Waals surface area contributed by atoms with Crippen molar-refractivity contribution in [2.24, 2.45) is 0 Å². The van der Waals surface area contributed by atoms with Gasteiger partial charge in [0.2, 0.25) is 0 Å². The number of nitrogens with one attached hydrogen (secondary N) is 1. The zero-order chi connectivity index (χ0) is 12.9. The number of halogens is 1. The number of rotatable bonds is 5. The van der Waals surface area contributed by atoms with E-state index in [1.54, 1.807) is 0 Å². The van der Waals surface area contributed by atoms with Crippen LogP contribution in [0.1, 0.15) is 39.3 Å². The summed E-state index contributed by atoms with van der Waals surface area (Å²) in [6.07, 6.45) is 0. The van der Waals surface area contributed by atoms with Gasteiger partial charge in [0.25, 0.3) is 0 Å². The molecule has 0 aliphatic carbocycles. The Morgan fingerprint density at radius 3 is 2.35 bits per heavy atom. The summed E-state index contributed by atoms with van der Waals surface area (Å²) in [4.78, 5) is 0. The van der Waals surface area contributed by atoms with Crippen LogP contribution < -0.4 is 5.32 Å². The average molecular weight is 300 g/mol. The minimum atomic E-state index is -0.0530. The monoisotopic (exact) mass is 299 g/mol. The summed E-state index contributed by atoms with van der Waals surface area (Å²) in [5, 5.41) is 3.45. The van der Waals surface area contributed by atoms with Crippen LogP contribution in [0, 0.1) is 0 Å². The van der Waals surface area contributed by atoms with Gasteiger partial charge in [-0.15, -0.1) is 0 Å². The average Bonchev–Trinajstić information content (AvgIpc) is 2.24. The van der Waals surface area contributed by atoms with E-state index in [1.807, 2.05) is 0 Å². The van der Waals surface area contributed by atoms with Gasteiger partial charge in [-0.05, 0) is 45.4 Å². The largest absolute Gasteiger partial charge is 0.375 e. The number of hydrogen-bond acceptors (Lipinski definition) is 2. The maximum Gasteiger partial charge on any atom is 0.0599 e. The predicted molar refractivity (Wildman–Crippen MR) is 76.3 cm³/mol. The highest BCUT2D eigenvalue weighted by atomic mass is 79.9. The van der Waals surface area contributed by atoms with Gasteiger partial charge < -0.3 is 10.1 Å². The summed E-state index contributed by atoms with van der Waals surface area (Å²) in [6, 6.07) is 8.75. The molecule has 17 heavy (non-hydrogen) atoms. The SMILES string of the molecule is C[C@H](NCCOC(C)(C)C)c1ccc(Br)cc1. The van der Waals surface area contributed by atoms with Gasteiger partial charge in [-0.3, -0.25) is 0 Å². The number of ether oxygens (including phenoxy) is 1. The molecule has 0 fully saturated rings. The Bertz CT molecular complexity index is 329. The van der Waals surface area contributed by atoms with E-state index in [-0.39, 0.29) is 5.60 Å². The van der Waals surface area contributed by atoms with Crippen molar-refractivity contribution >= 4 is 15.9 Å². The predicted octanol–water partition coefficient (Wildman–Crippen LogP) is 3.91. The first-order chi connectivity index (χ1) is 7.88. The number of benzene rings is 1. The Morgan fingerprint density at radius 1 is 1.24 bits per heavy atom. The molecule has 0 bridgehead atoms. The minimum absolute atomic E-state index is 0.0530. The van der Waals surface area contributed by atoms with Gasteiger partial charge in [0, 0.05) is 17.1 Å². The summed E-state index contributed by atoms with van der Waals surface area (Å²) < 4.78 is 6.78. The van der Waals surface area contributed by atoms with Crippen molar-refractivity contribution < 1.29 is 4.74 Å². The third-order valence-electron chi connectivity index (χ3n) is 2.46. The molecule has 1 aromatic rings. The molecule has 1 N–H and O–H groups in total. The standard InChI is InChI=1S/C14H22BrNO/c1-11(12-5-7-13(15)8-6-12)16-9-10-17-14(2,3)4/h5-8,11,16H,9-10H2,1-4H3/t11-/m0/s1. The second-order valence-corrected chi connectivity index (χ2v) is 6.10. The summed E-state index contributed by atoms with van der Waals surface area (Å²) in [6.45, 7) is 10.0. The lowest BCUT2D eigenvalue weighted by molar-refractivity contribution is -0.00149. The molecule has 3 heteroatoms. The van der Waals surface area contributed by atoms with Crippen molar-refractivity contribution in [1.29, 1.82) is 0 Å². The highest BCUT2D eigenvalue weighted by Crippen LogP contribution is 2.16. The van der Waals surface area contributed by atoms with Crippen molar-refractivity contribution in [1.82, 2.24) is 5.32 Å². The molecule has 0 saturated heterocycles. The molecule has 96 valence electrons. The molecule has 0 unspecified atom stereocenters. The van der Waals surface area contributed by atoms with E-state index in [0.717, 1.165) is 17.6 Å². The van der Waals surface area contributed by atoms with Crippen LogP contribution in [-0.4, -0.2) is 18.8 Å². The molecule has 0 aliphatic heterocycles. The highest BCUT2D eigenvalue weighted by molar-refractivity contribution is 9.10. The Morgan fingerprint density at radius 2 is 1.82 bits per heavy atom. The summed E-state index contributed by atoms with van der Waals surface area (Å²) >= 11 is 3.44. The molecule has 0 spiro atoms. The molecular weight excluding hydrogens is 278 g/mol. The molecule has 0 heterocycles. The Kier molecular flexibility index (Phi) is 5.63. The molecule has 1 aromatic carbocycles. The molecule has 0 radical (unpaired) electrons. The van der Waals surface area contributed by atoms with Gasteiger partial charge in [-0.1, -0.05) is 28.1 Å². The fourth-order valence-electron chi connectivity index (χ4n) is 1.50. The van der Waals surface area contributed by atoms with Crippen molar-refractivity contribution in [2.45, 2.75) is 39.3 Å². The third kappa shape index (κ3) is 6.20. The van der Waals surface area contributed by atoms with Gasteiger partial charge >= 0.3 is 0 Å². The zero-order valence-electron chi connectivity index (χ0n) is 11.1. The van der Waals surface area contributed by atoms with Gasteiger partial charge in [0.05, 0.1) is 12.2 Å². The minimum Gasteiger partial charge on any atom is -0.375 e. The lowest BCUT2D eigenvalue weighted by Crippen LogP contribution is -2.28. The quantitative estimate of drug-likeness (QED) is 0.832. The van der Waals surface area contributed by atoms with E-state index >= 15 is 0 Å². The van der Waals surface area contributed by atoms with Crippen LogP contribution >= 0.6 is 15.9 Å². The van der Waals surface area contributed by atoms with E-state index in [9.17, 15) is 0 Å². The van der Waals surface area contributed by atoms with E-state index in [0.29, 0.717) is 6.04 Å². The van der Waals surface area contributed by atoms with Crippen LogP contribution in [0.15, 0.2) is 28.7 Å². The molecule has 0 saturated carbocycles. The van der Waals surface area contributed by atoms with Gasteiger partial charge in [-0.25, -0.2) is 0 Å². The second-order valence-electron chi connectivity index (χ2n) is 5.19. The molecule has 0 amide bonds. The van der Waals surface area contributed by atoms with Crippen LogP contribution in [-0.2, 0) is 4.74 Å². The van der Waals surface area contributed by atoms with Gasteiger partial charge in [0.15, 0.2) is 0 Å². The Hall–Kier alpha value is -0.380.